The van der Waals surface area contributed by atoms with E-state index in [0.717, 1.165) is 38.5 Å². The molecule has 0 radical (unpaired) electrons. The van der Waals surface area contributed by atoms with Crippen LogP contribution < -0.4 is 18.9 Å². The van der Waals surface area contributed by atoms with E-state index in [-0.39, 0.29) is 29.7 Å². The number of carbonyl (C=O) groups is 1. The molecule has 0 amide bonds. The summed E-state index contributed by atoms with van der Waals surface area (Å²) in [6.45, 7) is 4.48. The molecule has 3 fully saturated rings. The third-order valence-electron chi connectivity index (χ3n) is 8.02. The van der Waals surface area contributed by atoms with Crippen LogP contribution in [0.2, 0.25) is 0 Å². The second-order valence-corrected chi connectivity index (χ2v) is 10.1. The van der Waals surface area contributed by atoms with E-state index >= 15 is 0 Å². The molecule has 4 aliphatic rings. The van der Waals surface area contributed by atoms with E-state index in [4.69, 9.17) is 4.18 Å². The molecule has 3 unspecified atom stereocenters. The van der Waals surface area contributed by atoms with Crippen molar-refractivity contribution in [1.82, 2.24) is 0 Å². The zero-order valence-corrected chi connectivity index (χ0v) is 16.8. The van der Waals surface area contributed by atoms with Gasteiger partial charge in [0, 0.05) is 11.8 Å². The third kappa shape index (κ3) is 3.16. The molecule has 0 N–H and O–H groups in total. The minimum Gasteiger partial charge on any atom is -0.726 e. The molecule has 6 atom stereocenters. The van der Waals surface area contributed by atoms with Crippen LogP contribution in [0.3, 0.4) is 0 Å². The summed E-state index contributed by atoms with van der Waals surface area (Å²) in [6.07, 6.45) is 8.55. The van der Waals surface area contributed by atoms with Crippen molar-refractivity contribution in [3.63, 3.8) is 0 Å². The zero-order valence-electron chi connectivity index (χ0n) is 16.0. The van der Waals surface area contributed by atoms with Crippen LogP contribution >= 0.6 is 0 Å². The van der Waals surface area contributed by atoms with Gasteiger partial charge in [0.25, 0.3) is 0 Å². The average molecular weight is 374 g/mol. The van der Waals surface area contributed by atoms with Crippen LogP contribution in [0.5, 0.6) is 0 Å². The Morgan fingerprint density at radius 3 is 2.46 bits per heavy atom. The van der Waals surface area contributed by atoms with Gasteiger partial charge in [-0.25, -0.2) is 8.42 Å². The fourth-order valence-electron chi connectivity index (χ4n) is 6.65. The number of carbonyl (C=O) groups excluding carboxylic acids is 1. The van der Waals surface area contributed by atoms with Gasteiger partial charge in [0.1, 0.15) is 5.78 Å². The van der Waals surface area contributed by atoms with E-state index in [9.17, 15) is 17.8 Å². The van der Waals surface area contributed by atoms with E-state index in [1.54, 1.807) is 0 Å². The number of fused-ring (bicyclic) bond motifs is 5. The molecule has 0 spiro atoms. The van der Waals surface area contributed by atoms with Crippen molar-refractivity contribution in [3.8, 4) is 0 Å². The van der Waals surface area contributed by atoms with Crippen LogP contribution in [0.15, 0.2) is 11.6 Å². The molecular formula is C19H27LiO5S. The van der Waals surface area contributed by atoms with E-state index in [2.05, 4.69) is 19.9 Å². The molecule has 0 aromatic carbocycles. The molecule has 5 nitrogen and oxygen atoms in total. The second kappa shape index (κ2) is 6.74. The predicted octanol–water partition coefficient (Wildman–Crippen LogP) is 0.368. The molecule has 0 heterocycles. The Morgan fingerprint density at radius 2 is 1.77 bits per heavy atom. The van der Waals surface area contributed by atoms with Gasteiger partial charge in [0.2, 0.25) is 10.4 Å². The van der Waals surface area contributed by atoms with Gasteiger partial charge in [-0.05, 0) is 68.1 Å². The van der Waals surface area contributed by atoms with E-state index in [0.29, 0.717) is 36.4 Å². The first-order chi connectivity index (χ1) is 11.6. The SMILES string of the molecule is C[C@]12CC[C@H](OS(=O)(=O)[O-])CC1=CCC1C2CC[C@]2(C)C(=O)CCC12.[Li+]. The van der Waals surface area contributed by atoms with Crippen molar-refractivity contribution in [2.24, 2.45) is 28.6 Å². The number of allylic oxidation sites excluding steroid dienone is 1. The molecule has 0 saturated heterocycles. The Kier molecular flexibility index (Phi) is 5.34. The van der Waals surface area contributed by atoms with Crippen molar-refractivity contribution >= 4 is 16.2 Å². The topological polar surface area (TPSA) is 83.5 Å². The molecule has 140 valence electrons. The Morgan fingerprint density at radius 1 is 1.12 bits per heavy atom. The van der Waals surface area contributed by atoms with Crippen LogP contribution in [-0.2, 0) is 19.4 Å². The Balaban J connectivity index is 0.00000196. The fraction of sp³-hybridized carbons (Fsp3) is 0.842. The van der Waals surface area contributed by atoms with Gasteiger partial charge in [-0.3, -0.25) is 8.98 Å². The molecule has 3 saturated carbocycles. The van der Waals surface area contributed by atoms with Gasteiger partial charge >= 0.3 is 18.9 Å². The summed E-state index contributed by atoms with van der Waals surface area (Å²) in [7, 11) is -4.65. The second-order valence-electron chi connectivity index (χ2n) is 9.05. The number of hydrogen-bond donors (Lipinski definition) is 0. The molecule has 0 aliphatic heterocycles. The molecular weight excluding hydrogens is 347 g/mol. The van der Waals surface area contributed by atoms with Gasteiger partial charge in [-0.1, -0.05) is 25.5 Å². The molecule has 0 aromatic rings. The van der Waals surface area contributed by atoms with Crippen molar-refractivity contribution in [2.45, 2.75) is 71.3 Å². The summed E-state index contributed by atoms with van der Waals surface area (Å²) in [4.78, 5) is 12.4. The van der Waals surface area contributed by atoms with Gasteiger partial charge in [-0.15, -0.1) is 0 Å². The van der Waals surface area contributed by atoms with Gasteiger partial charge in [0.05, 0.1) is 6.10 Å². The minimum absolute atomic E-state index is 0. The van der Waals surface area contributed by atoms with Crippen LogP contribution in [0.4, 0.5) is 0 Å². The predicted molar refractivity (Wildman–Crippen MR) is 91.3 cm³/mol. The third-order valence-corrected chi connectivity index (χ3v) is 8.53. The van der Waals surface area contributed by atoms with Gasteiger partial charge < -0.3 is 4.55 Å². The molecule has 0 bridgehead atoms. The monoisotopic (exact) mass is 374 g/mol. The number of rotatable bonds is 2. The number of Topliss-reactive ketones (excluding diaryl/α,β-unsaturated/α-hetero) is 1. The van der Waals surface area contributed by atoms with E-state index < -0.39 is 16.5 Å². The van der Waals surface area contributed by atoms with Crippen LogP contribution in [0.1, 0.15) is 65.2 Å². The zero-order chi connectivity index (χ0) is 18.0. The van der Waals surface area contributed by atoms with Crippen molar-refractivity contribution in [2.75, 3.05) is 0 Å². The molecule has 4 aliphatic carbocycles. The first-order valence-corrected chi connectivity index (χ1v) is 10.8. The number of ketones is 1. The summed E-state index contributed by atoms with van der Waals surface area (Å²) >= 11 is 0. The average Bonchev–Trinajstić information content (AvgIpc) is 2.82. The Hall–Kier alpha value is -0.123. The minimum atomic E-state index is -4.65. The fourth-order valence-corrected chi connectivity index (χ4v) is 7.14. The normalized spacial score (nSPS) is 45.0. The van der Waals surface area contributed by atoms with Crippen molar-refractivity contribution < 1.29 is 40.8 Å². The summed E-state index contributed by atoms with van der Waals surface area (Å²) in [5.74, 6) is 2.05. The largest absolute Gasteiger partial charge is 1.00 e. The van der Waals surface area contributed by atoms with Crippen molar-refractivity contribution in [3.05, 3.63) is 11.6 Å². The first kappa shape index (κ1) is 20.6. The smallest absolute Gasteiger partial charge is 0.726 e. The van der Waals surface area contributed by atoms with Gasteiger partial charge in [-0.2, -0.15) is 0 Å². The summed E-state index contributed by atoms with van der Waals surface area (Å²) in [5.41, 5.74) is 1.20. The molecule has 26 heavy (non-hydrogen) atoms. The molecule has 0 aromatic heterocycles. The molecule has 4 rings (SSSR count). The maximum Gasteiger partial charge on any atom is 1.00 e. The first-order valence-electron chi connectivity index (χ1n) is 9.50. The van der Waals surface area contributed by atoms with Crippen LogP contribution in [0, 0.1) is 28.6 Å². The maximum atomic E-state index is 12.4. The standard InChI is InChI=1S/C19H28O5S.Li/c1-18-9-7-13(24-25(21,22)23)11-12(18)3-4-14-15-5-6-17(20)19(15,2)10-8-16(14)18;/h3,13-16H,4-11H2,1-2H3,(H,21,22,23);/q;+1/p-1/t13-,14?,15?,16?,18-,19-;/m0./s1. The Bertz CT molecular complexity index is 732. The molecule has 7 heteroatoms. The van der Waals surface area contributed by atoms with Gasteiger partial charge in [0.15, 0.2) is 0 Å². The summed E-state index contributed by atoms with van der Waals surface area (Å²) in [6, 6.07) is 0. The number of hydrogen-bond acceptors (Lipinski definition) is 5. The van der Waals surface area contributed by atoms with Crippen LogP contribution in [0.25, 0.3) is 0 Å². The van der Waals surface area contributed by atoms with Crippen molar-refractivity contribution in [1.29, 1.82) is 0 Å². The van der Waals surface area contributed by atoms with Crippen LogP contribution in [-0.4, -0.2) is 24.9 Å². The Labute approximate surface area is 168 Å². The summed E-state index contributed by atoms with van der Waals surface area (Å²) < 4.78 is 37.5. The quantitative estimate of drug-likeness (QED) is 0.302. The summed E-state index contributed by atoms with van der Waals surface area (Å²) in [5, 5.41) is 0. The van der Waals surface area contributed by atoms with E-state index in [1.807, 2.05) is 0 Å². The van der Waals surface area contributed by atoms with E-state index in [1.165, 1.54) is 5.57 Å². The maximum absolute atomic E-state index is 12.4.